The maximum Gasteiger partial charge on any atom is 0.145 e. The predicted octanol–water partition coefficient (Wildman–Crippen LogP) is 3.41. The first-order valence-corrected chi connectivity index (χ1v) is 6.63. The summed E-state index contributed by atoms with van der Waals surface area (Å²) in [5.41, 5.74) is 0.733. The smallest absolute Gasteiger partial charge is 0.145 e. The van der Waals surface area contributed by atoms with E-state index in [1.807, 2.05) is 6.08 Å². The largest absolute Gasteiger partial charge is 0.299 e. The summed E-state index contributed by atoms with van der Waals surface area (Å²) in [4.78, 5) is 22.9. The van der Waals surface area contributed by atoms with Gasteiger partial charge in [-0.3, -0.25) is 9.59 Å². The number of hydrogen-bond acceptors (Lipinski definition) is 2. The molecule has 0 aliphatic heterocycles. The van der Waals surface area contributed by atoms with Gasteiger partial charge >= 0.3 is 0 Å². The minimum atomic E-state index is 0.117. The molecule has 0 aromatic carbocycles. The second kappa shape index (κ2) is 6.13. The van der Waals surface area contributed by atoms with Crippen LogP contribution in [-0.4, -0.2) is 12.1 Å². The Morgan fingerprint density at radius 1 is 1.41 bits per heavy atom. The van der Waals surface area contributed by atoms with Crippen molar-refractivity contribution in [1.82, 2.24) is 0 Å². The molecular formula is C15H24O2. The first kappa shape index (κ1) is 14.1. The number of Topliss-reactive ketones (excluding diaryl/α,β-unsaturated/α-hetero) is 1. The van der Waals surface area contributed by atoms with Crippen LogP contribution in [0.1, 0.15) is 47.0 Å². The van der Waals surface area contributed by atoms with E-state index in [-0.39, 0.29) is 11.8 Å². The van der Waals surface area contributed by atoms with Crippen LogP contribution in [0.4, 0.5) is 0 Å². The summed E-state index contributed by atoms with van der Waals surface area (Å²) >= 11 is 0. The summed E-state index contributed by atoms with van der Waals surface area (Å²) in [7, 11) is 0. The molecular weight excluding hydrogens is 212 g/mol. The number of allylic oxidation sites excluding steroid dienone is 2. The fourth-order valence-electron chi connectivity index (χ4n) is 2.71. The lowest BCUT2D eigenvalue weighted by Crippen LogP contribution is -2.36. The Kier molecular flexibility index (Phi) is 5.10. The molecule has 0 bridgehead atoms. The van der Waals surface area contributed by atoms with Gasteiger partial charge in [0.1, 0.15) is 12.1 Å². The molecule has 0 amide bonds. The van der Waals surface area contributed by atoms with Crippen molar-refractivity contribution in [3.63, 3.8) is 0 Å². The fraction of sp³-hybridized carbons (Fsp3) is 0.733. The molecule has 0 unspecified atom stereocenters. The average molecular weight is 236 g/mol. The van der Waals surface area contributed by atoms with E-state index in [1.165, 1.54) is 0 Å². The van der Waals surface area contributed by atoms with Crippen LogP contribution in [0.15, 0.2) is 11.6 Å². The lowest BCUT2D eigenvalue weighted by Gasteiger charge is -2.34. The normalized spacial score (nSPS) is 30.8. The predicted molar refractivity (Wildman–Crippen MR) is 69.7 cm³/mol. The van der Waals surface area contributed by atoms with Crippen LogP contribution >= 0.6 is 0 Å². The van der Waals surface area contributed by atoms with E-state index >= 15 is 0 Å². The average Bonchev–Trinajstić information content (AvgIpc) is 2.27. The third kappa shape index (κ3) is 3.52. The van der Waals surface area contributed by atoms with E-state index in [1.54, 1.807) is 6.92 Å². The zero-order chi connectivity index (χ0) is 13.0. The Morgan fingerprint density at radius 2 is 2.06 bits per heavy atom. The molecule has 0 radical (unpaired) electrons. The number of rotatable bonds is 4. The third-order valence-electron chi connectivity index (χ3n) is 4.04. The number of hydrogen-bond donors (Lipinski definition) is 0. The topological polar surface area (TPSA) is 34.1 Å². The number of aldehydes is 1. The van der Waals surface area contributed by atoms with Crippen molar-refractivity contribution < 1.29 is 9.59 Å². The van der Waals surface area contributed by atoms with Crippen molar-refractivity contribution >= 4 is 12.1 Å². The quantitative estimate of drug-likeness (QED) is 0.553. The molecule has 0 heterocycles. The van der Waals surface area contributed by atoms with Gasteiger partial charge in [-0.05, 0) is 43.6 Å². The minimum absolute atomic E-state index is 0.117. The summed E-state index contributed by atoms with van der Waals surface area (Å²) in [6, 6.07) is 0. The highest BCUT2D eigenvalue weighted by molar-refractivity contribution is 5.85. The molecule has 1 aliphatic carbocycles. The van der Waals surface area contributed by atoms with Gasteiger partial charge in [0.05, 0.1) is 0 Å². The second-order valence-electron chi connectivity index (χ2n) is 5.72. The zero-order valence-electron chi connectivity index (χ0n) is 11.4. The lowest BCUT2D eigenvalue weighted by atomic mass is 9.69. The van der Waals surface area contributed by atoms with Gasteiger partial charge < -0.3 is 0 Å². The maximum absolute atomic E-state index is 12.4. The Bertz CT molecular complexity index is 315. The lowest BCUT2D eigenvalue weighted by molar-refractivity contribution is -0.132. The van der Waals surface area contributed by atoms with Crippen LogP contribution in [0.5, 0.6) is 0 Å². The molecule has 17 heavy (non-hydrogen) atoms. The highest BCUT2D eigenvalue weighted by Gasteiger charge is 2.36. The Labute approximate surface area is 104 Å². The summed E-state index contributed by atoms with van der Waals surface area (Å²) in [5, 5.41) is 0. The van der Waals surface area contributed by atoms with Crippen LogP contribution in [-0.2, 0) is 9.59 Å². The van der Waals surface area contributed by atoms with Crippen molar-refractivity contribution in [2.45, 2.75) is 47.0 Å². The van der Waals surface area contributed by atoms with E-state index in [0.717, 1.165) is 31.1 Å². The van der Waals surface area contributed by atoms with Gasteiger partial charge in [0, 0.05) is 11.8 Å². The van der Waals surface area contributed by atoms with Crippen molar-refractivity contribution in [2.75, 3.05) is 0 Å². The monoisotopic (exact) mass is 236 g/mol. The number of carbonyl (C=O) groups excluding carboxylic acids is 2. The third-order valence-corrected chi connectivity index (χ3v) is 4.04. The van der Waals surface area contributed by atoms with Crippen LogP contribution < -0.4 is 0 Å². The van der Waals surface area contributed by atoms with E-state index in [0.29, 0.717) is 17.6 Å². The minimum Gasteiger partial charge on any atom is -0.299 e. The molecule has 0 N–H and O–H groups in total. The summed E-state index contributed by atoms with van der Waals surface area (Å²) in [6.45, 7) is 8.21. The summed E-state index contributed by atoms with van der Waals surface area (Å²) in [6.07, 6.45) is 5.66. The summed E-state index contributed by atoms with van der Waals surface area (Å²) in [5.74, 6) is 1.64. The molecule has 1 fully saturated rings. The highest BCUT2D eigenvalue weighted by atomic mass is 16.1. The first-order chi connectivity index (χ1) is 7.97. The SMILES string of the molecule is C/C(C=O)=C\C[C@@H]1C(=O)[C@H](C(C)C)CC[C@H]1C. The number of ketones is 1. The molecule has 0 saturated heterocycles. The fourth-order valence-corrected chi connectivity index (χ4v) is 2.71. The molecule has 2 nitrogen and oxygen atoms in total. The van der Waals surface area contributed by atoms with Gasteiger partial charge in [0.25, 0.3) is 0 Å². The van der Waals surface area contributed by atoms with Gasteiger partial charge in [0.2, 0.25) is 0 Å². The number of carbonyl (C=O) groups is 2. The van der Waals surface area contributed by atoms with E-state index in [2.05, 4.69) is 20.8 Å². The van der Waals surface area contributed by atoms with Crippen molar-refractivity contribution in [2.24, 2.45) is 23.7 Å². The van der Waals surface area contributed by atoms with Gasteiger partial charge in [0.15, 0.2) is 0 Å². The molecule has 1 rings (SSSR count). The standard InChI is InChI=1S/C15H24O2/c1-10(2)13-8-6-12(4)14(15(13)17)7-5-11(3)9-16/h5,9-10,12-14H,6-8H2,1-4H3/b11-5+/t12-,13+,14+/m1/s1. The molecule has 3 atom stereocenters. The van der Waals surface area contributed by atoms with Crippen molar-refractivity contribution in [3.8, 4) is 0 Å². The van der Waals surface area contributed by atoms with Gasteiger partial charge in [-0.15, -0.1) is 0 Å². The Morgan fingerprint density at radius 3 is 2.59 bits per heavy atom. The molecule has 0 aromatic heterocycles. The van der Waals surface area contributed by atoms with Crippen LogP contribution in [0.3, 0.4) is 0 Å². The van der Waals surface area contributed by atoms with Crippen LogP contribution in [0, 0.1) is 23.7 Å². The van der Waals surface area contributed by atoms with Crippen molar-refractivity contribution in [1.29, 1.82) is 0 Å². The molecule has 96 valence electrons. The van der Waals surface area contributed by atoms with E-state index in [4.69, 9.17) is 0 Å². The Balaban J connectivity index is 2.73. The molecule has 1 saturated carbocycles. The van der Waals surface area contributed by atoms with E-state index in [9.17, 15) is 9.59 Å². The van der Waals surface area contributed by atoms with Crippen LogP contribution in [0.25, 0.3) is 0 Å². The van der Waals surface area contributed by atoms with Gasteiger partial charge in [-0.2, -0.15) is 0 Å². The maximum atomic E-state index is 12.4. The molecule has 0 aromatic rings. The van der Waals surface area contributed by atoms with Crippen LogP contribution in [0.2, 0.25) is 0 Å². The molecule has 0 spiro atoms. The van der Waals surface area contributed by atoms with E-state index < -0.39 is 0 Å². The van der Waals surface area contributed by atoms with Crippen molar-refractivity contribution in [3.05, 3.63) is 11.6 Å². The van der Waals surface area contributed by atoms with Gasteiger partial charge in [-0.25, -0.2) is 0 Å². The first-order valence-electron chi connectivity index (χ1n) is 6.63. The second-order valence-corrected chi connectivity index (χ2v) is 5.72. The zero-order valence-corrected chi connectivity index (χ0v) is 11.4. The van der Waals surface area contributed by atoms with Gasteiger partial charge in [-0.1, -0.05) is 26.8 Å². The summed E-state index contributed by atoms with van der Waals surface area (Å²) < 4.78 is 0. The Hall–Kier alpha value is -0.920. The highest BCUT2D eigenvalue weighted by Crippen LogP contribution is 2.36. The molecule has 2 heteroatoms. The molecule has 1 aliphatic rings.